The van der Waals surface area contributed by atoms with Gasteiger partial charge in [-0.2, -0.15) is 13.2 Å². The Morgan fingerprint density at radius 3 is 2.29 bits per heavy atom. The third-order valence-corrected chi connectivity index (χ3v) is 1.50. The summed E-state index contributed by atoms with van der Waals surface area (Å²) in [6.45, 7) is 3.29. The second-order valence-corrected chi connectivity index (χ2v) is 3.49. The van der Waals surface area contributed by atoms with Gasteiger partial charge >= 0.3 is 12.1 Å². The minimum absolute atomic E-state index is 0.174. The first-order valence-electron chi connectivity index (χ1n) is 4.26. The zero-order valence-electron chi connectivity index (χ0n) is 8.06. The van der Waals surface area contributed by atoms with Gasteiger partial charge in [0, 0.05) is 6.54 Å². The van der Waals surface area contributed by atoms with E-state index in [1.165, 1.54) is 0 Å². The molecule has 0 aromatic heterocycles. The van der Waals surface area contributed by atoms with Gasteiger partial charge in [0.05, 0.1) is 6.10 Å². The highest BCUT2D eigenvalue weighted by molar-refractivity contribution is 5.81. The van der Waals surface area contributed by atoms with Crippen LogP contribution in [0.5, 0.6) is 0 Å². The van der Waals surface area contributed by atoms with Crippen molar-refractivity contribution >= 4 is 5.91 Å². The lowest BCUT2D eigenvalue weighted by Gasteiger charge is -2.14. The molecule has 0 saturated carbocycles. The first-order chi connectivity index (χ1) is 6.23. The third-order valence-electron chi connectivity index (χ3n) is 1.50. The Morgan fingerprint density at radius 2 is 1.93 bits per heavy atom. The van der Waals surface area contributed by atoms with E-state index >= 15 is 0 Å². The number of nitrogens with one attached hydrogen (secondary N) is 1. The number of hydrogen-bond acceptors (Lipinski definition) is 2. The number of hydrogen-bond donors (Lipinski definition) is 2. The quantitative estimate of drug-likeness (QED) is 0.734. The molecule has 2 N–H and O–H groups in total. The zero-order valence-corrected chi connectivity index (χ0v) is 8.06. The monoisotopic (exact) mass is 213 g/mol. The molecule has 3 nitrogen and oxygen atoms in total. The fourth-order valence-corrected chi connectivity index (χ4v) is 0.938. The van der Waals surface area contributed by atoms with Crippen molar-refractivity contribution in [2.24, 2.45) is 5.92 Å². The first kappa shape index (κ1) is 13.2. The smallest absolute Gasteiger partial charge is 0.391 e. The molecule has 0 fully saturated rings. The predicted octanol–water partition coefficient (Wildman–Crippen LogP) is 1.07. The van der Waals surface area contributed by atoms with Gasteiger partial charge in [-0.15, -0.1) is 0 Å². The largest absolute Gasteiger partial charge is 0.471 e. The normalized spacial score (nSPS) is 14.2. The molecule has 14 heavy (non-hydrogen) atoms. The number of aliphatic hydroxyl groups is 1. The van der Waals surface area contributed by atoms with Crippen LogP contribution in [-0.2, 0) is 4.79 Å². The number of aliphatic hydroxyl groups excluding tert-OH is 1. The Balaban J connectivity index is 3.78. The topological polar surface area (TPSA) is 49.3 Å². The Hall–Kier alpha value is -0.780. The van der Waals surface area contributed by atoms with E-state index in [2.05, 4.69) is 0 Å². The van der Waals surface area contributed by atoms with Gasteiger partial charge < -0.3 is 10.4 Å². The molecule has 84 valence electrons. The van der Waals surface area contributed by atoms with E-state index < -0.39 is 18.2 Å². The van der Waals surface area contributed by atoms with Gasteiger partial charge in [-0.3, -0.25) is 4.79 Å². The van der Waals surface area contributed by atoms with Crippen molar-refractivity contribution in [3.05, 3.63) is 0 Å². The van der Waals surface area contributed by atoms with Gasteiger partial charge in [-0.25, -0.2) is 0 Å². The summed E-state index contributed by atoms with van der Waals surface area (Å²) in [4.78, 5) is 10.3. The number of amides is 1. The number of alkyl halides is 3. The summed E-state index contributed by atoms with van der Waals surface area (Å²) in [5.74, 6) is -1.84. The Bertz CT molecular complexity index is 192. The minimum atomic E-state index is -4.88. The second kappa shape index (κ2) is 5.19. The van der Waals surface area contributed by atoms with Crippen LogP contribution < -0.4 is 5.32 Å². The molecule has 0 rings (SSSR count). The molecule has 0 aliphatic carbocycles. The molecule has 0 bridgehead atoms. The van der Waals surface area contributed by atoms with Gasteiger partial charge in [-0.05, 0) is 12.3 Å². The molecular formula is C8H14F3NO2. The van der Waals surface area contributed by atoms with Crippen molar-refractivity contribution in [1.82, 2.24) is 5.32 Å². The summed E-state index contributed by atoms with van der Waals surface area (Å²) in [6.07, 6.45) is -5.45. The van der Waals surface area contributed by atoms with Crippen molar-refractivity contribution in [3.63, 3.8) is 0 Å². The molecule has 0 aliphatic rings. The third kappa shape index (κ3) is 5.80. The van der Waals surface area contributed by atoms with Crippen molar-refractivity contribution in [1.29, 1.82) is 0 Å². The maximum Gasteiger partial charge on any atom is 0.471 e. The van der Waals surface area contributed by atoms with E-state index in [-0.39, 0.29) is 12.5 Å². The van der Waals surface area contributed by atoms with E-state index in [0.717, 1.165) is 0 Å². The molecular weight excluding hydrogens is 199 g/mol. The van der Waals surface area contributed by atoms with Crippen molar-refractivity contribution in [3.8, 4) is 0 Å². The van der Waals surface area contributed by atoms with Gasteiger partial charge in [-0.1, -0.05) is 13.8 Å². The fourth-order valence-electron chi connectivity index (χ4n) is 0.938. The highest BCUT2D eigenvalue weighted by atomic mass is 19.4. The molecule has 0 aliphatic heterocycles. The van der Waals surface area contributed by atoms with Crippen LogP contribution in [0.25, 0.3) is 0 Å². The molecule has 6 heteroatoms. The van der Waals surface area contributed by atoms with Crippen LogP contribution in [-0.4, -0.2) is 29.8 Å². The summed E-state index contributed by atoms with van der Waals surface area (Å²) < 4.78 is 35.0. The molecule has 1 amide bonds. The molecule has 0 spiro atoms. The lowest BCUT2D eigenvalue weighted by molar-refractivity contribution is -0.174. The average Bonchev–Trinajstić information content (AvgIpc) is 1.96. The Kier molecular flexibility index (Phi) is 4.90. The maximum absolute atomic E-state index is 11.7. The molecule has 0 aromatic rings. The van der Waals surface area contributed by atoms with Crippen LogP contribution in [0.1, 0.15) is 20.3 Å². The van der Waals surface area contributed by atoms with Gasteiger partial charge in [0.15, 0.2) is 0 Å². The zero-order chi connectivity index (χ0) is 11.4. The summed E-state index contributed by atoms with van der Waals surface area (Å²) in [6, 6.07) is 0. The van der Waals surface area contributed by atoms with Crippen LogP contribution in [0, 0.1) is 5.92 Å². The Morgan fingerprint density at radius 1 is 1.43 bits per heavy atom. The predicted molar refractivity (Wildman–Crippen MR) is 44.5 cm³/mol. The Labute approximate surface area is 80.3 Å². The van der Waals surface area contributed by atoms with Crippen LogP contribution >= 0.6 is 0 Å². The highest BCUT2D eigenvalue weighted by Gasteiger charge is 2.38. The number of halogens is 3. The lowest BCUT2D eigenvalue weighted by Crippen LogP contribution is -2.41. The molecule has 0 heterocycles. The molecule has 1 unspecified atom stereocenters. The SMILES string of the molecule is CC(C)CC(O)CNC(=O)C(F)(F)F. The summed E-state index contributed by atoms with van der Waals surface area (Å²) in [5, 5.41) is 10.8. The van der Waals surface area contributed by atoms with E-state index in [0.29, 0.717) is 6.42 Å². The van der Waals surface area contributed by atoms with E-state index in [1.807, 2.05) is 13.8 Å². The van der Waals surface area contributed by atoms with Crippen molar-refractivity contribution in [2.45, 2.75) is 32.5 Å². The number of rotatable bonds is 4. The van der Waals surface area contributed by atoms with Gasteiger partial charge in [0.1, 0.15) is 0 Å². The van der Waals surface area contributed by atoms with E-state index in [9.17, 15) is 18.0 Å². The van der Waals surface area contributed by atoms with Gasteiger partial charge in [0.2, 0.25) is 0 Å². The first-order valence-corrected chi connectivity index (χ1v) is 4.26. The summed E-state index contributed by atoms with van der Waals surface area (Å²) in [7, 11) is 0. The number of carbonyl (C=O) groups is 1. The van der Waals surface area contributed by atoms with E-state index in [4.69, 9.17) is 5.11 Å². The second-order valence-electron chi connectivity index (χ2n) is 3.49. The maximum atomic E-state index is 11.7. The molecule has 0 aromatic carbocycles. The highest BCUT2D eigenvalue weighted by Crippen LogP contribution is 2.14. The van der Waals surface area contributed by atoms with Crippen molar-refractivity contribution < 1.29 is 23.1 Å². The summed E-state index contributed by atoms with van der Waals surface area (Å²) in [5.41, 5.74) is 0. The van der Waals surface area contributed by atoms with Crippen LogP contribution in [0.2, 0.25) is 0 Å². The molecule has 1 atom stereocenters. The van der Waals surface area contributed by atoms with Crippen LogP contribution in [0.4, 0.5) is 13.2 Å². The fraction of sp³-hybridized carbons (Fsp3) is 0.875. The van der Waals surface area contributed by atoms with Crippen LogP contribution in [0.15, 0.2) is 0 Å². The van der Waals surface area contributed by atoms with Crippen LogP contribution in [0.3, 0.4) is 0 Å². The molecule has 0 saturated heterocycles. The van der Waals surface area contributed by atoms with E-state index in [1.54, 1.807) is 5.32 Å². The summed E-state index contributed by atoms with van der Waals surface area (Å²) >= 11 is 0. The van der Waals surface area contributed by atoms with Gasteiger partial charge in [0.25, 0.3) is 0 Å². The molecule has 0 radical (unpaired) electrons. The standard InChI is InChI=1S/C8H14F3NO2/c1-5(2)3-6(13)4-12-7(14)8(9,10)11/h5-6,13H,3-4H2,1-2H3,(H,12,14). The lowest BCUT2D eigenvalue weighted by atomic mass is 10.1. The van der Waals surface area contributed by atoms with Crippen molar-refractivity contribution in [2.75, 3.05) is 6.54 Å². The minimum Gasteiger partial charge on any atom is -0.391 e. The average molecular weight is 213 g/mol. The number of carbonyl (C=O) groups excluding carboxylic acids is 1.